The monoisotopic (exact) mass is 319 g/mol. The molecule has 1 aromatic heterocycles. The highest BCUT2D eigenvalue weighted by atomic mass is 32.2. The molecule has 6 nitrogen and oxygen atoms in total. The zero-order valence-corrected chi connectivity index (χ0v) is 13.2. The summed E-state index contributed by atoms with van der Waals surface area (Å²) in [5, 5.41) is 19.7. The minimum atomic E-state index is -0.0657. The second-order valence-corrected chi connectivity index (χ2v) is 6.10. The molecule has 0 aliphatic carbocycles. The van der Waals surface area contributed by atoms with Crippen LogP contribution in [0.1, 0.15) is 29.0 Å². The Kier molecular flexibility index (Phi) is 3.98. The van der Waals surface area contributed by atoms with E-state index in [2.05, 4.69) is 15.5 Å². The molecule has 1 aliphatic rings. The van der Waals surface area contributed by atoms with Crippen LogP contribution in [0.5, 0.6) is 11.5 Å². The van der Waals surface area contributed by atoms with Gasteiger partial charge < -0.3 is 15.2 Å². The highest BCUT2D eigenvalue weighted by molar-refractivity contribution is 8.00. The topological polar surface area (TPSA) is 87.2 Å². The summed E-state index contributed by atoms with van der Waals surface area (Å²) in [4.78, 5) is 11.8. The van der Waals surface area contributed by atoms with Gasteiger partial charge in [0.2, 0.25) is 5.91 Å². The first-order valence-electron chi connectivity index (χ1n) is 7.02. The summed E-state index contributed by atoms with van der Waals surface area (Å²) in [6.07, 6.45) is 0. The number of hydrogen-bond acceptors (Lipinski definition) is 5. The lowest BCUT2D eigenvalue weighted by Crippen LogP contribution is -2.12. The summed E-state index contributed by atoms with van der Waals surface area (Å²) < 4.78 is 5.45. The highest BCUT2D eigenvalue weighted by Gasteiger charge is 2.28. The Morgan fingerprint density at radius 1 is 1.50 bits per heavy atom. The predicted octanol–water partition coefficient (Wildman–Crippen LogP) is 2.60. The number of aryl methyl sites for hydroxylation is 1. The summed E-state index contributed by atoms with van der Waals surface area (Å²) in [5.41, 5.74) is 2.85. The normalized spacial score (nSPS) is 17.5. The van der Waals surface area contributed by atoms with E-state index in [4.69, 9.17) is 4.74 Å². The summed E-state index contributed by atoms with van der Waals surface area (Å²) in [7, 11) is 0. The number of H-pyrrole nitrogens is 1. The van der Waals surface area contributed by atoms with Crippen molar-refractivity contribution in [2.24, 2.45) is 0 Å². The number of rotatable bonds is 3. The van der Waals surface area contributed by atoms with Crippen LogP contribution >= 0.6 is 11.8 Å². The molecule has 0 fully saturated rings. The van der Waals surface area contributed by atoms with Gasteiger partial charge in [-0.1, -0.05) is 6.07 Å². The lowest BCUT2D eigenvalue weighted by molar-refractivity contribution is -0.113. The van der Waals surface area contributed by atoms with Crippen LogP contribution < -0.4 is 10.1 Å². The van der Waals surface area contributed by atoms with Crippen LogP contribution in [0.4, 0.5) is 5.82 Å². The Labute approximate surface area is 132 Å². The molecule has 1 aliphatic heterocycles. The first-order chi connectivity index (χ1) is 10.6. The molecular weight excluding hydrogens is 302 g/mol. The number of fused-ring (bicyclic) bond motifs is 1. The number of hydrogen-bond donors (Lipinski definition) is 3. The molecule has 0 saturated heterocycles. The van der Waals surface area contributed by atoms with Gasteiger partial charge >= 0.3 is 0 Å². The van der Waals surface area contributed by atoms with Crippen molar-refractivity contribution >= 4 is 23.5 Å². The van der Waals surface area contributed by atoms with Gasteiger partial charge in [-0.15, -0.1) is 11.8 Å². The van der Waals surface area contributed by atoms with E-state index in [0.717, 1.165) is 16.8 Å². The highest BCUT2D eigenvalue weighted by Crippen LogP contribution is 2.44. The van der Waals surface area contributed by atoms with Gasteiger partial charge in [-0.05, 0) is 31.5 Å². The van der Waals surface area contributed by atoms with Crippen molar-refractivity contribution in [3.63, 3.8) is 0 Å². The lowest BCUT2D eigenvalue weighted by atomic mass is 10.0. The van der Waals surface area contributed by atoms with E-state index in [-0.39, 0.29) is 16.9 Å². The third-order valence-electron chi connectivity index (χ3n) is 3.48. The number of anilines is 1. The second kappa shape index (κ2) is 5.92. The van der Waals surface area contributed by atoms with Gasteiger partial charge in [0, 0.05) is 11.3 Å². The maximum absolute atomic E-state index is 11.8. The van der Waals surface area contributed by atoms with E-state index in [1.807, 2.05) is 26.0 Å². The SMILES string of the molecule is CCOc1cc(C2SCC(=O)Nc3n[nH]c(C)c32)ccc1O. The molecule has 0 spiro atoms. The van der Waals surface area contributed by atoms with Crippen molar-refractivity contribution in [1.29, 1.82) is 0 Å². The number of aromatic hydroxyl groups is 1. The van der Waals surface area contributed by atoms with Gasteiger partial charge in [-0.3, -0.25) is 9.89 Å². The number of thioether (sulfide) groups is 1. The van der Waals surface area contributed by atoms with Crippen LogP contribution in [0.3, 0.4) is 0 Å². The van der Waals surface area contributed by atoms with Crippen LogP contribution in [-0.2, 0) is 4.79 Å². The molecule has 1 amide bonds. The van der Waals surface area contributed by atoms with Gasteiger partial charge in [-0.25, -0.2) is 0 Å². The third-order valence-corrected chi connectivity index (χ3v) is 4.75. The molecule has 116 valence electrons. The summed E-state index contributed by atoms with van der Waals surface area (Å²) in [6.45, 7) is 4.28. The minimum absolute atomic E-state index is 0.0486. The molecule has 1 atom stereocenters. The number of ether oxygens (including phenoxy) is 1. The number of carbonyl (C=O) groups is 1. The van der Waals surface area contributed by atoms with Crippen LogP contribution in [-0.4, -0.2) is 33.6 Å². The summed E-state index contributed by atoms with van der Waals surface area (Å²) in [6, 6.07) is 5.29. The number of carbonyl (C=O) groups excluding carboxylic acids is 1. The van der Waals surface area contributed by atoms with Crippen LogP contribution in [0.25, 0.3) is 0 Å². The first-order valence-corrected chi connectivity index (χ1v) is 8.07. The zero-order valence-electron chi connectivity index (χ0n) is 12.3. The van der Waals surface area contributed by atoms with Crippen LogP contribution in [0.2, 0.25) is 0 Å². The van der Waals surface area contributed by atoms with Gasteiger partial charge in [0.25, 0.3) is 0 Å². The molecule has 0 radical (unpaired) electrons. The van der Waals surface area contributed by atoms with Gasteiger partial charge in [0.1, 0.15) is 0 Å². The molecule has 0 saturated carbocycles. The Bertz CT molecular complexity index is 714. The number of amides is 1. The first kappa shape index (κ1) is 14.8. The Hall–Kier alpha value is -2.15. The van der Waals surface area contributed by atoms with E-state index in [9.17, 15) is 9.90 Å². The third kappa shape index (κ3) is 2.64. The van der Waals surface area contributed by atoms with Crippen molar-refractivity contribution in [2.45, 2.75) is 19.1 Å². The zero-order chi connectivity index (χ0) is 15.7. The molecule has 1 aromatic carbocycles. The Morgan fingerprint density at radius 2 is 2.32 bits per heavy atom. The Morgan fingerprint density at radius 3 is 3.09 bits per heavy atom. The smallest absolute Gasteiger partial charge is 0.235 e. The molecule has 2 heterocycles. The molecule has 3 N–H and O–H groups in total. The van der Waals surface area contributed by atoms with Gasteiger partial charge in [0.15, 0.2) is 17.3 Å². The van der Waals surface area contributed by atoms with E-state index in [0.29, 0.717) is 23.9 Å². The standard InChI is InChI=1S/C15H17N3O3S/c1-3-21-11-6-9(4-5-10(11)19)14-13-8(2)17-18-15(13)16-12(20)7-22-14/h4-6,14,19H,3,7H2,1-2H3,(H2,16,17,18,20). The van der Waals surface area contributed by atoms with E-state index in [1.165, 1.54) is 11.8 Å². The molecule has 22 heavy (non-hydrogen) atoms. The van der Waals surface area contributed by atoms with E-state index >= 15 is 0 Å². The predicted molar refractivity (Wildman–Crippen MR) is 85.5 cm³/mol. The molecule has 7 heteroatoms. The number of phenols is 1. The number of aromatic amines is 1. The number of nitrogens with zero attached hydrogens (tertiary/aromatic N) is 1. The summed E-state index contributed by atoms with van der Waals surface area (Å²) >= 11 is 1.53. The molecule has 2 aromatic rings. The second-order valence-electron chi connectivity index (χ2n) is 5.01. The molecular formula is C15H17N3O3S. The quantitative estimate of drug-likeness (QED) is 0.809. The van der Waals surface area contributed by atoms with Crippen LogP contribution in [0.15, 0.2) is 18.2 Å². The fourth-order valence-electron chi connectivity index (χ4n) is 2.49. The van der Waals surface area contributed by atoms with E-state index < -0.39 is 0 Å². The maximum Gasteiger partial charge on any atom is 0.235 e. The number of phenolic OH excluding ortho intramolecular Hbond substituents is 1. The maximum atomic E-state index is 11.8. The van der Waals surface area contributed by atoms with Crippen molar-refractivity contribution < 1.29 is 14.6 Å². The summed E-state index contributed by atoms with van der Waals surface area (Å²) in [5.74, 6) is 1.42. The van der Waals surface area contributed by atoms with Crippen molar-refractivity contribution in [3.05, 3.63) is 35.0 Å². The Balaban J connectivity index is 2.05. The van der Waals surface area contributed by atoms with Crippen molar-refractivity contribution in [1.82, 2.24) is 10.2 Å². The molecule has 3 rings (SSSR count). The van der Waals surface area contributed by atoms with Crippen molar-refractivity contribution in [2.75, 3.05) is 17.7 Å². The lowest BCUT2D eigenvalue weighted by Gasteiger charge is -2.17. The fraction of sp³-hybridized carbons (Fsp3) is 0.333. The number of benzene rings is 1. The molecule has 1 unspecified atom stereocenters. The fourth-order valence-corrected chi connectivity index (χ4v) is 3.68. The van der Waals surface area contributed by atoms with E-state index in [1.54, 1.807) is 6.07 Å². The van der Waals surface area contributed by atoms with Crippen molar-refractivity contribution in [3.8, 4) is 11.5 Å². The number of aromatic nitrogens is 2. The number of nitrogens with one attached hydrogen (secondary N) is 2. The average molecular weight is 319 g/mol. The van der Waals surface area contributed by atoms with Crippen LogP contribution in [0, 0.1) is 6.92 Å². The average Bonchev–Trinajstić information content (AvgIpc) is 2.75. The largest absolute Gasteiger partial charge is 0.504 e. The van der Waals surface area contributed by atoms with Gasteiger partial charge in [0.05, 0.1) is 17.6 Å². The minimum Gasteiger partial charge on any atom is -0.504 e. The van der Waals surface area contributed by atoms with Gasteiger partial charge in [-0.2, -0.15) is 5.10 Å². The molecule has 0 bridgehead atoms.